The molecule has 1 fully saturated rings. The molecule has 6 nitrogen and oxygen atoms in total. The number of nitrogens with one attached hydrogen (secondary N) is 1. The van der Waals surface area contributed by atoms with Crippen molar-refractivity contribution >= 4 is 5.91 Å². The fourth-order valence-electron chi connectivity index (χ4n) is 2.70. The lowest BCUT2D eigenvalue weighted by Gasteiger charge is -2.15. The summed E-state index contributed by atoms with van der Waals surface area (Å²) in [6.45, 7) is 3.83. The lowest BCUT2D eigenvalue weighted by molar-refractivity contribution is -0.125. The van der Waals surface area contributed by atoms with E-state index in [1.807, 2.05) is 31.2 Å². The zero-order chi connectivity index (χ0) is 15.5. The lowest BCUT2D eigenvalue weighted by atomic mass is 10.1. The van der Waals surface area contributed by atoms with Crippen LogP contribution in [0.1, 0.15) is 44.2 Å². The first-order valence-electron chi connectivity index (χ1n) is 7.80. The lowest BCUT2D eigenvalue weighted by Crippen LogP contribution is -2.38. The van der Waals surface area contributed by atoms with Gasteiger partial charge in [-0.1, -0.05) is 42.7 Å². The van der Waals surface area contributed by atoms with Gasteiger partial charge in [-0.2, -0.15) is 4.80 Å². The molecular weight excluding hydrogens is 278 g/mol. The number of aromatic nitrogens is 4. The fourth-order valence-corrected chi connectivity index (χ4v) is 2.70. The fraction of sp³-hybridized carbons (Fsp3) is 0.500. The van der Waals surface area contributed by atoms with Crippen LogP contribution in [0.15, 0.2) is 24.3 Å². The van der Waals surface area contributed by atoms with Crippen molar-refractivity contribution in [1.82, 2.24) is 25.5 Å². The second kappa shape index (κ2) is 6.25. The van der Waals surface area contributed by atoms with Crippen molar-refractivity contribution < 1.29 is 4.79 Å². The number of carbonyl (C=O) groups excluding carboxylic acids is 1. The van der Waals surface area contributed by atoms with Gasteiger partial charge in [0.2, 0.25) is 11.7 Å². The Morgan fingerprint density at radius 2 is 1.95 bits per heavy atom. The summed E-state index contributed by atoms with van der Waals surface area (Å²) >= 11 is 0. The monoisotopic (exact) mass is 299 g/mol. The topological polar surface area (TPSA) is 72.7 Å². The van der Waals surface area contributed by atoms with E-state index in [-0.39, 0.29) is 5.91 Å². The van der Waals surface area contributed by atoms with Gasteiger partial charge in [-0.15, -0.1) is 10.2 Å². The zero-order valence-corrected chi connectivity index (χ0v) is 13.0. The molecule has 2 aromatic rings. The molecule has 3 rings (SSSR count). The van der Waals surface area contributed by atoms with Gasteiger partial charge in [0.05, 0.1) is 0 Å². The van der Waals surface area contributed by atoms with E-state index in [9.17, 15) is 4.79 Å². The molecule has 1 aliphatic rings. The predicted octanol–water partition coefficient (Wildman–Crippen LogP) is 2.27. The maximum atomic E-state index is 12.3. The molecule has 22 heavy (non-hydrogen) atoms. The van der Waals surface area contributed by atoms with Gasteiger partial charge in [-0.3, -0.25) is 4.79 Å². The van der Waals surface area contributed by atoms with E-state index in [4.69, 9.17) is 0 Å². The van der Waals surface area contributed by atoms with E-state index in [2.05, 4.69) is 20.7 Å². The molecule has 0 bridgehead atoms. The molecule has 1 N–H and O–H groups in total. The average Bonchev–Trinajstić information content (AvgIpc) is 3.18. The number of amides is 1. The van der Waals surface area contributed by atoms with Crippen molar-refractivity contribution in [3.05, 3.63) is 29.8 Å². The Morgan fingerprint density at radius 1 is 1.27 bits per heavy atom. The molecule has 6 heteroatoms. The van der Waals surface area contributed by atoms with E-state index in [0.717, 1.165) is 18.4 Å². The van der Waals surface area contributed by atoms with Gasteiger partial charge in [0, 0.05) is 11.6 Å². The van der Waals surface area contributed by atoms with Crippen LogP contribution in [0.4, 0.5) is 0 Å². The number of nitrogens with zero attached hydrogens (tertiary/aromatic N) is 4. The molecule has 1 heterocycles. The molecule has 1 amide bonds. The first kappa shape index (κ1) is 14.7. The van der Waals surface area contributed by atoms with Crippen LogP contribution in [0.25, 0.3) is 11.4 Å². The smallest absolute Gasteiger partial charge is 0.246 e. The average molecular weight is 299 g/mol. The highest BCUT2D eigenvalue weighted by Crippen LogP contribution is 2.19. The van der Waals surface area contributed by atoms with Crippen LogP contribution < -0.4 is 5.32 Å². The standard InChI is InChI=1S/C16H21N5O/c1-11-7-9-13(10-8-11)15-18-20-21(19-15)12(2)16(22)17-14-5-3-4-6-14/h7-10,12,14H,3-6H2,1-2H3,(H,17,22). The largest absolute Gasteiger partial charge is 0.351 e. The zero-order valence-electron chi connectivity index (χ0n) is 13.0. The van der Waals surface area contributed by atoms with Crippen molar-refractivity contribution in [2.75, 3.05) is 0 Å². The van der Waals surface area contributed by atoms with Crippen molar-refractivity contribution in [3.63, 3.8) is 0 Å². The number of hydrogen-bond donors (Lipinski definition) is 1. The van der Waals surface area contributed by atoms with Gasteiger partial charge in [0.25, 0.3) is 0 Å². The summed E-state index contributed by atoms with van der Waals surface area (Å²) in [5.41, 5.74) is 2.08. The number of benzene rings is 1. The summed E-state index contributed by atoms with van der Waals surface area (Å²) in [5, 5.41) is 15.5. The molecule has 0 radical (unpaired) electrons. The Hall–Kier alpha value is -2.24. The molecule has 1 saturated carbocycles. The van der Waals surface area contributed by atoms with Crippen molar-refractivity contribution in [3.8, 4) is 11.4 Å². The van der Waals surface area contributed by atoms with Crippen LogP contribution in [0.3, 0.4) is 0 Å². The normalized spacial score (nSPS) is 16.6. The molecule has 1 unspecified atom stereocenters. The molecule has 0 aliphatic heterocycles. The molecule has 0 spiro atoms. The molecular formula is C16H21N5O. The Bertz CT molecular complexity index is 643. The highest BCUT2D eigenvalue weighted by Gasteiger charge is 2.23. The maximum absolute atomic E-state index is 12.3. The number of carbonyl (C=O) groups is 1. The molecule has 1 aromatic heterocycles. The van der Waals surface area contributed by atoms with Crippen LogP contribution >= 0.6 is 0 Å². The maximum Gasteiger partial charge on any atom is 0.246 e. The van der Waals surface area contributed by atoms with Crippen molar-refractivity contribution in [2.24, 2.45) is 0 Å². The van der Waals surface area contributed by atoms with Crippen LogP contribution in [0.2, 0.25) is 0 Å². The minimum absolute atomic E-state index is 0.0419. The third kappa shape index (κ3) is 3.16. The van der Waals surface area contributed by atoms with Gasteiger partial charge in [0.1, 0.15) is 6.04 Å². The van der Waals surface area contributed by atoms with Gasteiger partial charge in [0.15, 0.2) is 0 Å². The van der Waals surface area contributed by atoms with E-state index >= 15 is 0 Å². The van der Waals surface area contributed by atoms with E-state index in [1.165, 1.54) is 23.2 Å². The number of rotatable bonds is 4. The second-order valence-electron chi connectivity index (χ2n) is 5.97. The van der Waals surface area contributed by atoms with E-state index < -0.39 is 6.04 Å². The van der Waals surface area contributed by atoms with Crippen LogP contribution in [0, 0.1) is 6.92 Å². The van der Waals surface area contributed by atoms with Crippen molar-refractivity contribution in [2.45, 2.75) is 51.6 Å². The Balaban J connectivity index is 1.69. The third-order valence-electron chi connectivity index (χ3n) is 4.17. The van der Waals surface area contributed by atoms with E-state index in [1.54, 1.807) is 6.92 Å². The highest BCUT2D eigenvalue weighted by atomic mass is 16.2. The SMILES string of the molecule is Cc1ccc(-c2nnn(C(C)C(=O)NC3CCCC3)n2)cc1. The first-order valence-corrected chi connectivity index (χ1v) is 7.80. The minimum Gasteiger partial charge on any atom is -0.351 e. The summed E-state index contributed by atoms with van der Waals surface area (Å²) in [6.07, 6.45) is 4.52. The van der Waals surface area contributed by atoms with Crippen LogP contribution in [-0.4, -0.2) is 32.2 Å². The second-order valence-corrected chi connectivity index (χ2v) is 5.97. The quantitative estimate of drug-likeness (QED) is 0.940. The van der Waals surface area contributed by atoms with E-state index in [0.29, 0.717) is 11.9 Å². The summed E-state index contributed by atoms with van der Waals surface area (Å²) in [4.78, 5) is 13.6. The summed E-state index contributed by atoms with van der Waals surface area (Å²) in [5.74, 6) is 0.500. The first-order chi connectivity index (χ1) is 10.6. The third-order valence-corrected chi connectivity index (χ3v) is 4.17. The molecule has 1 atom stereocenters. The van der Waals surface area contributed by atoms with Gasteiger partial charge >= 0.3 is 0 Å². The van der Waals surface area contributed by atoms with Gasteiger partial charge in [-0.25, -0.2) is 0 Å². The summed E-state index contributed by atoms with van der Waals surface area (Å²) < 4.78 is 0. The van der Waals surface area contributed by atoms with Gasteiger partial charge < -0.3 is 5.32 Å². The summed E-state index contributed by atoms with van der Waals surface area (Å²) in [6, 6.07) is 7.78. The Labute approximate surface area is 129 Å². The minimum atomic E-state index is -0.452. The summed E-state index contributed by atoms with van der Waals surface area (Å²) in [7, 11) is 0. The number of tetrazole rings is 1. The molecule has 116 valence electrons. The Kier molecular flexibility index (Phi) is 4.18. The molecule has 1 aromatic carbocycles. The van der Waals surface area contributed by atoms with Crippen LogP contribution in [0.5, 0.6) is 0 Å². The highest BCUT2D eigenvalue weighted by molar-refractivity contribution is 5.80. The number of hydrogen-bond acceptors (Lipinski definition) is 4. The Morgan fingerprint density at radius 3 is 2.64 bits per heavy atom. The number of aryl methyl sites for hydroxylation is 1. The van der Waals surface area contributed by atoms with Crippen LogP contribution in [-0.2, 0) is 4.79 Å². The molecule has 0 saturated heterocycles. The molecule has 1 aliphatic carbocycles. The predicted molar refractivity (Wildman–Crippen MR) is 83.1 cm³/mol. The van der Waals surface area contributed by atoms with Crippen molar-refractivity contribution in [1.29, 1.82) is 0 Å². The van der Waals surface area contributed by atoms with Gasteiger partial charge in [-0.05, 0) is 31.9 Å².